The number of ether oxygens (including phenoxy) is 1. The Hall–Kier alpha value is -0.950. The minimum absolute atomic E-state index is 0.000863. The van der Waals surface area contributed by atoms with E-state index in [-0.39, 0.29) is 34.4 Å². The summed E-state index contributed by atoms with van der Waals surface area (Å²) in [7, 11) is 0. The zero-order valence-corrected chi connectivity index (χ0v) is 11.0. The number of carbonyl (C=O) groups excluding carboxylic acids is 1. The summed E-state index contributed by atoms with van der Waals surface area (Å²) >= 11 is 11.7. The second kappa shape index (κ2) is 6.29. The van der Waals surface area contributed by atoms with Crippen LogP contribution < -0.4 is 10.6 Å². The third-order valence-electron chi connectivity index (χ3n) is 2.45. The summed E-state index contributed by atoms with van der Waals surface area (Å²) < 4.78 is 5.26. The molecule has 1 atom stereocenters. The number of amides is 1. The summed E-state index contributed by atoms with van der Waals surface area (Å²) in [6, 6.07) is 0.000863. The van der Waals surface area contributed by atoms with Crippen LogP contribution in [0.25, 0.3) is 0 Å². The molecule has 8 heteroatoms. The minimum Gasteiger partial charge on any atom is -0.378 e. The molecule has 1 aliphatic rings. The van der Waals surface area contributed by atoms with Crippen molar-refractivity contribution in [1.29, 1.82) is 0 Å². The van der Waals surface area contributed by atoms with Crippen LogP contribution in [0.5, 0.6) is 0 Å². The van der Waals surface area contributed by atoms with E-state index in [4.69, 9.17) is 27.9 Å². The van der Waals surface area contributed by atoms with Crippen molar-refractivity contribution in [1.82, 2.24) is 15.3 Å². The first-order valence-corrected chi connectivity index (χ1v) is 6.19. The van der Waals surface area contributed by atoms with Gasteiger partial charge in [0, 0.05) is 19.0 Å². The first-order chi connectivity index (χ1) is 8.66. The zero-order valence-electron chi connectivity index (χ0n) is 9.45. The Morgan fingerprint density at radius 3 is 2.83 bits per heavy atom. The molecule has 0 aromatic carbocycles. The lowest BCUT2D eigenvalue weighted by molar-refractivity contribution is -0.117. The number of morpholine rings is 1. The highest BCUT2D eigenvalue weighted by Crippen LogP contribution is 2.25. The van der Waals surface area contributed by atoms with Gasteiger partial charge in [-0.25, -0.2) is 9.97 Å². The van der Waals surface area contributed by atoms with Crippen molar-refractivity contribution in [2.24, 2.45) is 0 Å². The van der Waals surface area contributed by atoms with Gasteiger partial charge in [0.05, 0.1) is 13.2 Å². The highest BCUT2D eigenvalue weighted by atomic mass is 35.5. The second-order valence-electron chi connectivity index (χ2n) is 3.81. The topological polar surface area (TPSA) is 76.1 Å². The predicted molar refractivity (Wildman–Crippen MR) is 67.9 cm³/mol. The van der Waals surface area contributed by atoms with E-state index in [1.54, 1.807) is 0 Å². The molecule has 1 aromatic heterocycles. The molecule has 1 aromatic rings. The molecule has 1 amide bonds. The fourth-order valence-corrected chi connectivity index (χ4v) is 2.02. The molecule has 0 saturated carbocycles. The second-order valence-corrected chi connectivity index (χ2v) is 4.52. The molecule has 18 heavy (non-hydrogen) atoms. The Morgan fingerprint density at radius 2 is 2.22 bits per heavy atom. The smallest absolute Gasteiger partial charge is 0.226 e. The Bertz CT molecular complexity index is 418. The van der Waals surface area contributed by atoms with Crippen LogP contribution in [0, 0.1) is 0 Å². The van der Waals surface area contributed by atoms with Gasteiger partial charge in [0.2, 0.25) is 5.91 Å². The third-order valence-corrected chi connectivity index (χ3v) is 3.02. The van der Waals surface area contributed by atoms with Gasteiger partial charge in [-0.15, -0.1) is 0 Å². The van der Waals surface area contributed by atoms with E-state index in [0.29, 0.717) is 13.2 Å². The molecule has 1 fully saturated rings. The van der Waals surface area contributed by atoms with Crippen LogP contribution in [0.15, 0.2) is 6.33 Å². The highest BCUT2D eigenvalue weighted by molar-refractivity contribution is 6.38. The molecular formula is C10H12Cl2N4O2. The zero-order chi connectivity index (χ0) is 13.0. The number of halogens is 2. The lowest BCUT2D eigenvalue weighted by atomic mass is 10.2. The molecule has 2 N–H and O–H groups in total. The van der Waals surface area contributed by atoms with Crippen molar-refractivity contribution >= 4 is 34.8 Å². The number of carbonyl (C=O) groups is 1. The minimum atomic E-state index is -0.211. The maximum absolute atomic E-state index is 11.8. The van der Waals surface area contributed by atoms with Crippen molar-refractivity contribution < 1.29 is 9.53 Å². The highest BCUT2D eigenvalue weighted by Gasteiger charge is 2.18. The predicted octanol–water partition coefficient (Wildman–Crippen LogP) is 1.10. The lowest BCUT2D eigenvalue weighted by Crippen LogP contribution is -2.43. The SMILES string of the molecule is O=C(CC1COCCN1)Nc1c(Cl)ncnc1Cl. The largest absolute Gasteiger partial charge is 0.378 e. The Kier molecular flexibility index (Phi) is 4.71. The van der Waals surface area contributed by atoms with E-state index >= 15 is 0 Å². The molecule has 1 saturated heterocycles. The summed E-state index contributed by atoms with van der Waals surface area (Å²) in [5, 5.41) is 6.03. The van der Waals surface area contributed by atoms with Crippen molar-refractivity contribution in [2.45, 2.75) is 12.5 Å². The number of hydrogen-bond acceptors (Lipinski definition) is 5. The standard InChI is InChI=1S/C10H12Cl2N4O2/c11-9-8(10(12)15-5-14-9)16-7(17)3-6-4-18-2-1-13-6/h5-6,13H,1-4H2,(H,16,17). The summed E-state index contributed by atoms with van der Waals surface area (Å²) in [6.45, 7) is 1.93. The molecule has 0 aliphatic carbocycles. The number of rotatable bonds is 3. The monoisotopic (exact) mass is 290 g/mol. The summed E-state index contributed by atoms with van der Waals surface area (Å²) in [5.41, 5.74) is 0.238. The number of anilines is 1. The first-order valence-electron chi connectivity index (χ1n) is 5.44. The molecule has 0 bridgehead atoms. The Labute approximate surface area is 114 Å². The van der Waals surface area contributed by atoms with Gasteiger partial charge in [-0.3, -0.25) is 4.79 Å². The summed E-state index contributed by atoms with van der Waals surface area (Å²) in [5.74, 6) is -0.211. The van der Waals surface area contributed by atoms with E-state index in [9.17, 15) is 4.79 Å². The quantitative estimate of drug-likeness (QED) is 0.816. The first kappa shape index (κ1) is 13.5. The van der Waals surface area contributed by atoms with Crippen molar-refractivity contribution in [3.63, 3.8) is 0 Å². The number of nitrogens with zero attached hydrogens (tertiary/aromatic N) is 2. The van der Waals surface area contributed by atoms with Crippen LogP contribution >= 0.6 is 23.2 Å². The van der Waals surface area contributed by atoms with Crippen LogP contribution in [-0.2, 0) is 9.53 Å². The van der Waals surface area contributed by atoms with Crippen molar-refractivity contribution in [3.05, 3.63) is 16.6 Å². The molecule has 0 radical (unpaired) electrons. The summed E-state index contributed by atoms with van der Waals surface area (Å²) in [4.78, 5) is 19.3. The van der Waals surface area contributed by atoms with Gasteiger partial charge in [0.1, 0.15) is 12.0 Å². The fraction of sp³-hybridized carbons (Fsp3) is 0.500. The molecule has 98 valence electrons. The summed E-state index contributed by atoms with van der Waals surface area (Å²) in [6.07, 6.45) is 1.51. The lowest BCUT2D eigenvalue weighted by Gasteiger charge is -2.23. The van der Waals surface area contributed by atoms with E-state index < -0.39 is 0 Å². The van der Waals surface area contributed by atoms with Crippen LogP contribution in [0.3, 0.4) is 0 Å². The number of hydrogen-bond donors (Lipinski definition) is 2. The van der Waals surface area contributed by atoms with Crippen LogP contribution in [0.2, 0.25) is 10.3 Å². The van der Waals surface area contributed by atoms with Crippen molar-refractivity contribution in [3.8, 4) is 0 Å². The third kappa shape index (κ3) is 3.52. The average molecular weight is 291 g/mol. The maximum Gasteiger partial charge on any atom is 0.226 e. The molecular weight excluding hydrogens is 279 g/mol. The Morgan fingerprint density at radius 1 is 1.50 bits per heavy atom. The molecule has 6 nitrogen and oxygen atoms in total. The van der Waals surface area contributed by atoms with Gasteiger partial charge >= 0.3 is 0 Å². The number of aromatic nitrogens is 2. The van der Waals surface area contributed by atoms with Crippen LogP contribution in [0.4, 0.5) is 5.69 Å². The fourth-order valence-electron chi connectivity index (χ4n) is 1.61. The van der Waals surface area contributed by atoms with E-state index in [1.807, 2.05) is 0 Å². The van der Waals surface area contributed by atoms with Gasteiger partial charge in [0.15, 0.2) is 10.3 Å². The van der Waals surface area contributed by atoms with E-state index in [2.05, 4.69) is 20.6 Å². The molecule has 2 heterocycles. The van der Waals surface area contributed by atoms with Crippen molar-refractivity contribution in [2.75, 3.05) is 25.1 Å². The molecule has 0 spiro atoms. The van der Waals surface area contributed by atoms with E-state index in [1.165, 1.54) is 6.33 Å². The molecule has 1 aliphatic heterocycles. The molecule has 2 rings (SSSR count). The van der Waals surface area contributed by atoms with Gasteiger partial charge in [0.25, 0.3) is 0 Å². The molecule has 1 unspecified atom stereocenters. The maximum atomic E-state index is 11.8. The van der Waals surface area contributed by atoms with Crippen LogP contribution in [-0.4, -0.2) is 41.7 Å². The number of nitrogens with one attached hydrogen (secondary N) is 2. The normalized spacial score (nSPS) is 19.6. The van der Waals surface area contributed by atoms with Gasteiger partial charge < -0.3 is 15.4 Å². The van der Waals surface area contributed by atoms with Crippen LogP contribution in [0.1, 0.15) is 6.42 Å². The average Bonchev–Trinajstić information content (AvgIpc) is 2.35. The van der Waals surface area contributed by atoms with Gasteiger partial charge in [-0.2, -0.15) is 0 Å². The van der Waals surface area contributed by atoms with E-state index in [0.717, 1.165) is 6.54 Å². The van der Waals surface area contributed by atoms with Gasteiger partial charge in [-0.1, -0.05) is 23.2 Å². The van der Waals surface area contributed by atoms with Gasteiger partial charge in [-0.05, 0) is 0 Å². The Balaban J connectivity index is 1.94.